The highest BCUT2D eigenvalue weighted by atomic mass is 35.5. The summed E-state index contributed by atoms with van der Waals surface area (Å²) < 4.78 is 53.3. The highest BCUT2D eigenvalue weighted by Crippen LogP contribution is 2.21. The largest absolute Gasteiger partial charge is 0.283 e. The molecule has 0 atom stereocenters. The van der Waals surface area contributed by atoms with E-state index in [0.29, 0.717) is 23.7 Å². The summed E-state index contributed by atoms with van der Waals surface area (Å²) in [5.74, 6) is -0.272. The molecule has 26 heavy (non-hydrogen) atoms. The third-order valence-corrected chi connectivity index (χ3v) is 7.44. The van der Waals surface area contributed by atoms with Crippen molar-refractivity contribution in [3.05, 3.63) is 59.1 Å². The van der Waals surface area contributed by atoms with Gasteiger partial charge in [-0.05, 0) is 35.9 Å². The maximum absolute atomic E-state index is 12.4. The molecule has 0 heterocycles. The smallest absolute Gasteiger partial charge is 0.243 e. The number of rotatable bonds is 8. The molecule has 0 amide bonds. The molecule has 0 aliphatic heterocycles. The van der Waals surface area contributed by atoms with Crippen LogP contribution < -0.4 is 4.72 Å². The second kappa shape index (κ2) is 8.39. The van der Waals surface area contributed by atoms with Gasteiger partial charge in [0.2, 0.25) is 20.0 Å². The number of halogens is 1. The summed E-state index contributed by atoms with van der Waals surface area (Å²) in [7, 11) is -7.26. The minimum Gasteiger partial charge on any atom is -0.283 e. The SMILES string of the molecule is CCN(CC)S(=O)(=O)c1ccc(NS(=O)(=O)Cc2ccccc2Cl)cc1. The summed E-state index contributed by atoms with van der Waals surface area (Å²) in [5.41, 5.74) is 0.776. The molecule has 2 aromatic rings. The van der Waals surface area contributed by atoms with Crippen LogP contribution in [-0.2, 0) is 25.8 Å². The van der Waals surface area contributed by atoms with Crippen LogP contribution in [0.1, 0.15) is 19.4 Å². The van der Waals surface area contributed by atoms with Crippen molar-refractivity contribution in [1.82, 2.24) is 4.31 Å². The van der Waals surface area contributed by atoms with Crippen LogP contribution in [0.5, 0.6) is 0 Å². The summed E-state index contributed by atoms with van der Waals surface area (Å²) in [6.07, 6.45) is 0. The molecule has 0 bridgehead atoms. The van der Waals surface area contributed by atoms with Crippen LogP contribution in [-0.4, -0.2) is 34.2 Å². The Hall–Kier alpha value is -1.61. The van der Waals surface area contributed by atoms with Crippen LogP contribution in [0, 0.1) is 0 Å². The number of benzene rings is 2. The van der Waals surface area contributed by atoms with E-state index >= 15 is 0 Å². The maximum Gasteiger partial charge on any atom is 0.243 e. The predicted molar refractivity (Wildman–Crippen MR) is 104 cm³/mol. The molecule has 142 valence electrons. The Balaban J connectivity index is 2.17. The fraction of sp³-hybridized carbons (Fsp3) is 0.294. The molecule has 9 heteroatoms. The molecule has 0 aromatic heterocycles. The van der Waals surface area contributed by atoms with E-state index in [1.807, 2.05) is 0 Å². The van der Waals surface area contributed by atoms with E-state index in [2.05, 4.69) is 4.72 Å². The Bertz CT molecular complexity index is 955. The van der Waals surface area contributed by atoms with Gasteiger partial charge >= 0.3 is 0 Å². The quantitative estimate of drug-likeness (QED) is 0.715. The highest BCUT2D eigenvalue weighted by Gasteiger charge is 2.21. The van der Waals surface area contributed by atoms with Crippen molar-refractivity contribution < 1.29 is 16.8 Å². The Kier molecular flexibility index (Phi) is 6.68. The van der Waals surface area contributed by atoms with Crippen molar-refractivity contribution >= 4 is 37.3 Å². The lowest BCUT2D eigenvalue weighted by Crippen LogP contribution is -2.30. The first kappa shape index (κ1) is 20.7. The van der Waals surface area contributed by atoms with Gasteiger partial charge in [-0.15, -0.1) is 0 Å². The number of hydrogen-bond acceptors (Lipinski definition) is 4. The topological polar surface area (TPSA) is 83.6 Å². The number of nitrogens with one attached hydrogen (secondary N) is 1. The van der Waals surface area contributed by atoms with Crippen molar-refractivity contribution in [2.75, 3.05) is 17.8 Å². The average molecular weight is 417 g/mol. The first-order valence-corrected chi connectivity index (χ1v) is 11.5. The fourth-order valence-electron chi connectivity index (χ4n) is 2.44. The lowest BCUT2D eigenvalue weighted by molar-refractivity contribution is 0.445. The van der Waals surface area contributed by atoms with Gasteiger partial charge in [0, 0.05) is 23.8 Å². The molecule has 0 radical (unpaired) electrons. The van der Waals surface area contributed by atoms with Gasteiger partial charge in [0.05, 0.1) is 10.6 Å². The van der Waals surface area contributed by atoms with Gasteiger partial charge in [-0.2, -0.15) is 4.31 Å². The molecule has 0 fully saturated rings. The number of sulfonamides is 2. The van der Waals surface area contributed by atoms with Gasteiger partial charge in [0.25, 0.3) is 0 Å². The Morgan fingerprint density at radius 2 is 1.50 bits per heavy atom. The molecular formula is C17H21ClN2O4S2. The molecule has 2 rings (SSSR count). The Morgan fingerprint density at radius 1 is 0.923 bits per heavy atom. The lowest BCUT2D eigenvalue weighted by atomic mass is 10.2. The standard InChI is InChI=1S/C17H21ClN2O4S2/c1-3-20(4-2)26(23,24)16-11-9-15(10-12-16)19-25(21,22)13-14-7-5-6-8-17(14)18/h5-12,19H,3-4,13H2,1-2H3. The van der Waals surface area contributed by atoms with Gasteiger partial charge in [0.15, 0.2) is 0 Å². The summed E-state index contributed by atoms with van der Waals surface area (Å²) in [5, 5.41) is 0.374. The maximum atomic E-state index is 12.4. The van der Waals surface area contributed by atoms with Crippen molar-refractivity contribution in [2.24, 2.45) is 0 Å². The third kappa shape index (κ3) is 4.97. The zero-order valence-corrected chi connectivity index (χ0v) is 16.9. The molecule has 6 nitrogen and oxygen atoms in total. The van der Waals surface area contributed by atoms with E-state index in [0.717, 1.165) is 0 Å². The zero-order valence-electron chi connectivity index (χ0n) is 14.5. The summed E-state index contributed by atoms with van der Waals surface area (Å²) in [4.78, 5) is 0.121. The highest BCUT2D eigenvalue weighted by molar-refractivity contribution is 7.92. The molecule has 2 aromatic carbocycles. The molecule has 0 aliphatic carbocycles. The van der Waals surface area contributed by atoms with Crippen LogP contribution in [0.4, 0.5) is 5.69 Å². The van der Waals surface area contributed by atoms with Gasteiger partial charge in [0.1, 0.15) is 0 Å². The summed E-state index contributed by atoms with van der Waals surface area (Å²) in [6, 6.07) is 12.3. The molecule has 0 saturated heterocycles. The van der Waals surface area contributed by atoms with Gasteiger partial charge in [-0.1, -0.05) is 43.6 Å². The van der Waals surface area contributed by atoms with Crippen LogP contribution in [0.15, 0.2) is 53.4 Å². The van der Waals surface area contributed by atoms with E-state index in [4.69, 9.17) is 11.6 Å². The van der Waals surface area contributed by atoms with E-state index in [-0.39, 0.29) is 16.3 Å². The summed E-state index contributed by atoms with van der Waals surface area (Å²) >= 11 is 6.00. The number of anilines is 1. The van der Waals surface area contributed by atoms with E-state index in [9.17, 15) is 16.8 Å². The van der Waals surface area contributed by atoms with E-state index < -0.39 is 20.0 Å². The van der Waals surface area contributed by atoms with Crippen molar-refractivity contribution in [3.63, 3.8) is 0 Å². The van der Waals surface area contributed by atoms with E-state index in [1.165, 1.54) is 28.6 Å². The molecule has 0 saturated carbocycles. The molecular weight excluding hydrogens is 396 g/mol. The molecule has 0 spiro atoms. The van der Waals surface area contributed by atoms with Gasteiger partial charge in [-0.25, -0.2) is 16.8 Å². The van der Waals surface area contributed by atoms with Crippen LogP contribution in [0.3, 0.4) is 0 Å². The normalized spacial score (nSPS) is 12.3. The Morgan fingerprint density at radius 3 is 2.04 bits per heavy atom. The van der Waals surface area contributed by atoms with Crippen LogP contribution >= 0.6 is 11.6 Å². The fourth-order valence-corrected chi connectivity index (χ4v) is 5.41. The minimum atomic E-state index is -3.68. The molecule has 0 unspecified atom stereocenters. The average Bonchev–Trinajstić information content (AvgIpc) is 2.58. The number of hydrogen-bond donors (Lipinski definition) is 1. The first-order valence-electron chi connectivity index (χ1n) is 8.03. The minimum absolute atomic E-state index is 0.121. The third-order valence-electron chi connectivity index (χ3n) is 3.77. The first-order chi connectivity index (χ1) is 12.2. The summed E-state index contributed by atoms with van der Waals surface area (Å²) in [6.45, 7) is 4.26. The molecule has 0 aliphatic rings. The number of nitrogens with zero attached hydrogens (tertiary/aromatic N) is 1. The van der Waals surface area contributed by atoms with Crippen LogP contribution in [0.25, 0.3) is 0 Å². The van der Waals surface area contributed by atoms with E-state index in [1.54, 1.807) is 38.1 Å². The van der Waals surface area contributed by atoms with Gasteiger partial charge < -0.3 is 0 Å². The van der Waals surface area contributed by atoms with Crippen LogP contribution in [0.2, 0.25) is 5.02 Å². The van der Waals surface area contributed by atoms with Crippen molar-refractivity contribution in [3.8, 4) is 0 Å². The lowest BCUT2D eigenvalue weighted by Gasteiger charge is -2.18. The molecule has 1 N–H and O–H groups in total. The Labute approximate surface area is 159 Å². The monoisotopic (exact) mass is 416 g/mol. The predicted octanol–water partition coefficient (Wildman–Crippen LogP) is 3.31. The van der Waals surface area contributed by atoms with Crippen molar-refractivity contribution in [2.45, 2.75) is 24.5 Å². The van der Waals surface area contributed by atoms with Gasteiger partial charge in [-0.3, -0.25) is 4.72 Å². The second-order valence-corrected chi connectivity index (χ2v) is 9.63. The zero-order chi connectivity index (χ0) is 19.4. The second-order valence-electron chi connectivity index (χ2n) is 5.57. The van der Waals surface area contributed by atoms with Crippen molar-refractivity contribution in [1.29, 1.82) is 0 Å².